The number of aromatic nitrogens is 1. The van der Waals surface area contributed by atoms with Gasteiger partial charge in [0.2, 0.25) is 0 Å². The van der Waals surface area contributed by atoms with Crippen molar-refractivity contribution in [1.82, 2.24) is 9.88 Å². The number of anilines is 2. The summed E-state index contributed by atoms with van der Waals surface area (Å²) in [5, 5.41) is 5.38. The van der Waals surface area contributed by atoms with E-state index in [-0.39, 0.29) is 10.8 Å². The van der Waals surface area contributed by atoms with E-state index in [0.29, 0.717) is 28.2 Å². The number of thiazole rings is 1. The van der Waals surface area contributed by atoms with Crippen LogP contribution in [0.1, 0.15) is 36.3 Å². The van der Waals surface area contributed by atoms with E-state index in [1.165, 1.54) is 29.9 Å². The van der Waals surface area contributed by atoms with Crippen LogP contribution in [0.3, 0.4) is 0 Å². The van der Waals surface area contributed by atoms with Gasteiger partial charge in [-0.3, -0.25) is 19.7 Å². The first-order valence-corrected chi connectivity index (χ1v) is 13.3. The maximum absolute atomic E-state index is 12.6. The van der Waals surface area contributed by atoms with Gasteiger partial charge in [-0.05, 0) is 54.7 Å². The lowest BCUT2D eigenvalue weighted by Gasteiger charge is -2.34. The number of carbonyl (C=O) groups excluding carboxylic acids is 1. The van der Waals surface area contributed by atoms with Gasteiger partial charge in [-0.1, -0.05) is 32.0 Å². The smallest absolute Gasteiger partial charge is 0.261 e. The summed E-state index contributed by atoms with van der Waals surface area (Å²) in [7, 11) is -3.67. The Labute approximate surface area is 198 Å². The van der Waals surface area contributed by atoms with Crippen molar-refractivity contribution in [3.8, 4) is 0 Å². The van der Waals surface area contributed by atoms with Gasteiger partial charge in [0.1, 0.15) is 0 Å². The first kappa shape index (κ1) is 23.4. The molecule has 2 unspecified atom stereocenters. The average molecular weight is 485 g/mol. The lowest BCUT2D eigenvalue weighted by Crippen LogP contribution is -2.38. The molecule has 1 fully saturated rings. The zero-order valence-electron chi connectivity index (χ0n) is 18.7. The molecule has 3 aromatic rings. The first-order chi connectivity index (χ1) is 15.8. The molecule has 2 N–H and O–H groups in total. The molecular formula is C24H28N4O3S2. The summed E-state index contributed by atoms with van der Waals surface area (Å²) >= 11 is 1.41. The van der Waals surface area contributed by atoms with Gasteiger partial charge in [-0.25, -0.2) is 13.4 Å². The van der Waals surface area contributed by atoms with Crippen molar-refractivity contribution >= 4 is 38.1 Å². The van der Waals surface area contributed by atoms with Gasteiger partial charge in [0, 0.05) is 36.3 Å². The number of carbonyl (C=O) groups is 1. The van der Waals surface area contributed by atoms with Crippen LogP contribution >= 0.6 is 11.3 Å². The van der Waals surface area contributed by atoms with Crippen molar-refractivity contribution in [3.63, 3.8) is 0 Å². The lowest BCUT2D eigenvalue weighted by atomic mass is 9.92. The fourth-order valence-electron chi connectivity index (χ4n) is 4.26. The van der Waals surface area contributed by atoms with E-state index in [0.717, 1.165) is 25.3 Å². The van der Waals surface area contributed by atoms with Crippen molar-refractivity contribution in [1.29, 1.82) is 0 Å². The Morgan fingerprint density at radius 2 is 1.73 bits per heavy atom. The second-order valence-corrected chi connectivity index (χ2v) is 11.3. The normalized spacial score (nSPS) is 19.2. The Bertz CT molecular complexity index is 1180. The number of likely N-dealkylation sites (tertiary alicyclic amines) is 1. The van der Waals surface area contributed by atoms with Crippen LogP contribution < -0.4 is 10.0 Å². The molecule has 1 amide bonds. The molecule has 2 aromatic carbocycles. The lowest BCUT2D eigenvalue weighted by molar-refractivity contribution is 0.102. The Balaban J connectivity index is 1.35. The number of hydrogen-bond donors (Lipinski definition) is 2. The zero-order valence-corrected chi connectivity index (χ0v) is 20.3. The van der Waals surface area contributed by atoms with E-state index in [1.54, 1.807) is 42.5 Å². The van der Waals surface area contributed by atoms with Crippen molar-refractivity contribution < 1.29 is 13.2 Å². The fourth-order valence-corrected chi connectivity index (χ4v) is 6.04. The largest absolute Gasteiger partial charge is 0.298 e. The maximum Gasteiger partial charge on any atom is 0.261 e. The van der Waals surface area contributed by atoms with Crippen LogP contribution in [0.15, 0.2) is 64.9 Å². The Morgan fingerprint density at radius 3 is 2.39 bits per heavy atom. The number of rotatable bonds is 7. The molecule has 174 valence electrons. The molecule has 0 bridgehead atoms. The van der Waals surface area contributed by atoms with Crippen LogP contribution in [0.25, 0.3) is 0 Å². The molecule has 1 aliphatic heterocycles. The minimum atomic E-state index is -3.67. The Morgan fingerprint density at radius 1 is 1.06 bits per heavy atom. The molecule has 1 aromatic heterocycles. The highest BCUT2D eigenvalue weighted by molar-refractivity contribution is 7.92. The Hall–Kier alpha value is -2.75. The second kappa shape index (κ2) is 10.0. The molecular weight excluding hydrogens is 456 g/mol. The first-order valence-electron chi connectivity index (χ1n) is 10.9. The third-order valence-electron chi connectivity index (χ3n) is 5.56. The van der Waals surface area contributed by atoms with Gasteiger partial charge < -0.3 is 0 Å². The summed E-state index contributed by atoms with van der Waals surface area (Å²) in [5.41, 5.74) is 1.77. The molecule has 0 radical (unpaired) electrons. The summed E-state index contributed by atoms with van der Waals surface area (Å²) in [6.07, 6.45) is 1.27. The minimum absolute atomic E-state index is 0.180. The van der Waals surface area contributed by atoms with Crippen LogP contribution in [0, 0.1) is 11.8 Å². The van der Waals surface area contributed by atoms with Crippen LogP contribution in [0.5, 0.6) is 0 Å². The molecule has 9 heteroatoms. The summed E-state index contributed by atoms with van der Waals surface area (Å²) < 4.78 is 27.4. The third-order valence-corrected chi connectivity index (χ3v) is 7.76. The Kier molecular flexibility index (Phi) is 7.11. The molecule has 7 nitrogen and oxygen atoms in total. The highest BCUT2D eigenvalue weighted by Crippen LogP contribution is 2.24. The number of nitrogens with one attached hydrogen (secondary N) is 2. The van der Waals surface area contributed by atoms with Gasteiger partial charge in [-0.2, -0.15) is 0 Å². The summed E-state index contributed by atoms with van der Waals surface area (Å²) in [4.78, 5) is 19.8. The predicted octanol–water partition coefficient (Wildman–Crippen LogP) is 4.67. The number of piperidine rings is 1. The van der Waals surface area contributed by atoms with Gasteiger partial charge in [0.15, 0.2) is 5.13 Å². The summed E-state index contributed by atoms with van der Waals surface area (Å²) in [5.74, 6) is 1.09. The van der Waals surface area contributed by atoms with Crippen LogP contribution in [0.2, 0.25) is 0 Å². The van der Waals surface area contributed by atoms with Crippen LogP contribution in [-0.2, 0) is 16.6 Å². The highest BCUT2D eigenvalue weighted by atomic mass is 32.2. The molecule has 1 saturated heterocycles. The molecule has 0 aliphatic carbocycles. The highest BCUT2D eigenvalue weighted by Gasteiger charge is 2.22. The average Bonchev–Trinajstić information content (AvgIpc) is 3.20. The van der Waals surface area contributed by atoms with Crippen LogP contribution in [0.4, 0.5) is 10.8 Å². The SMILES string of the molecule is CC1CC(C)CN(Cc2csc(NC(=O)c3ccc(NS(=O)(=O)c4ccccc4)cc3)n2)C1. The van der Waals surface area contributed by atoms with E-state index in [9.17, 15) is 13.2 Å². The van der Waals surface area contributed by atoms with E-state index in [4.69, 9.17) is 0 Å². The minimum Gasteiger partial charge on any atom is -0.298 e. The number of nitrogens with zero attached hydrogens (tertiary/aromatic N) is 2. The zero-order chi connectivity index (χ0) is 23.4. The molecule has 2 heterocycles. The predicted molar refractivity (Wildman–Crippen MR) is 132 cm³/mol. The fraction of sp³-hybridized carbons (Fsp3) is 0.333. The van der Waals surface area contributed by atoms with E-state index in [1.807, 2.05) is 5.38 Å². The van der Waals surface area contributed by atoms with Crippen molar-refractivity contribution in [2.45, 2.75) is 31.7 Å². The van der Waals surface area contributed by atoms with E-state index in [2.05, 4.69) is 33.8 Å². The standard InChI is InChI=1S/C24H28N4O3S2/c1-17-12-18(2)14-28(13-17)15-21-16-32-24(25-21)26-23(29)19-8-10-20(11-9-19)27-33(30,31)22-6-4-3-5-7-22/h3-11,16-18,27H,12-15H2,1-2H3,(H,25,26,29). The van der Waals surface area contributed by atoms with Crippen molar-refractivity contribution in [3.05, 3.63) is 71.2 Å². The molecule has 0 saturated carbocycles. The quantitative estimate of drug-likeness (QED) is 0.508. The number of hydrogen-bond acceptors (Lipinski definition) is 6. The van der Waals surface area contributed by atoms with Gasteiger partial charge >= 0.3 is 0 Å². The summed E-state index contributed by atoms with van der Waals surface area (Å²) in [6.45, 7) is 7.51. The number of amides is 1. The van der Waals surface area contributed by atoms with E-state index >= 15 is 0 Å². The van der Waals surface area contributed by atoms with Gasteiger partial charge in [0.25, 0.3) is 15.9 Å². The molecule has 2 atom stereocenters. The van der Waals surface area contributed by atoms with Gasteiger partial charge in [0.05, 0.1) is 10.6 Å². The third kappa shape index (κ3) is 6.19. The van der Waals surface area contributed by atoms with Gasteiger partial charge in [-0.15, -0.1) is 11.3 Å². The van der Waals surface area contributed by atoms with Crippen LogP contribution in [-0.4, -0.2) is 37.3 Å². The molecule has 0 spiro atoms. The molecule has 4 rings (SSSR count). The molecule has 33 heavy (non-hydrogen) atoms. The molecule has 1 aliphatic rings. The summed E-state index contributed by atoms with van der Waals surface area (Å²) in [6, 6.07) is 14.5. The maximum atomic E-state index is 12.6. The van der Waals surface area contributed by atoms with E-state index < -0.39 is 10.0 Å². The number of sulfonamides is 1. The topological polar surface area (TPSA) is 91.4 Å². The second-order valence-electron chi connectivity index (χ2n) is 8.73. The number of benzene rings is 2. The van der Waals surface area contributed by atoms with Crippen molar-refractivity contribution in [2.75, 3.05) is 23.1 Å². The van der Waals surface area contributed by atoms with Crippen molar-refractivity contribution in [2.24, 2.45) is 11.8 Å². The monoisotopic (exact) mass is 484 g/mol.